The first-order valence-corrected chi connectivity index (χ1v) is 14.5. The van der Waals surface area contributed by atoms with Crippen molar-refractivity contribution in [3.05, 3.63) is 47.4 Å². The molecule has 0 spiro atoms. The SMILES string of the molecule is CC1(C)CCC2N=CNC(N3CCOc4ccc(-c5cnc(N)c(S(=O)(=O)CC(O)CO)c5)cc4C3)=C2C1. The maximum Gasteiger partial charge on any atom is 0.184 e. The molecule has 0 radical (unpaired) electrons. The average molecular weight is 542 g/mol. The van der Waals surface area contributed by atoms with Gasteiger partial charge in [0.05, 0.1) is 37.4 Å². The van der Waals surface area contributed by atoms with E-state index in [-0.39, 0.29) is 22.2 Å². The van der Waals surface area contributed by atoms with Gasteiger partial charge in [-0.05, 0) is 54.0 Å². The summed E-state index contributed by atoms with van der Waals surface area (Å²) < 4.78 is 31.7. The lowest BCUT2D eigenvalue weighted by Gasteiger charge is -2.40. The van der Waals surface area contributed by atoms with Crippen molar-refractivity contribution >= 4 is 22.0 Å². The van der Waals surface area contributed by atoms with Gasteiger partial charge in [0.25, 0.3) is 0 Å². The van der Waals surface area contributed by atoms with Crippen molar-refractivity contribution in [3.63, 3.8) is 0 Å². The summed E-state index contributed by atoms with van der Waals surface area (Å²) in [6.45, 7) is 5.82. The Labute approximate surface area is 223 Å². The van der Waals surface area contributed by atoms with Crippen molar-refractivity contribution < 1.29 is 23.4 Å². The number of benzene rings is 1. The molecule has 2 aliphatic heterocycles. The number of aliphatic hydroxyl groups is 2. The summed E-state index contributed by atoms with van der Waals surface area (Å²) >= 11 is 0. The Bertz CT molecular complexity index is 1390. The van der Waals surface area contributed by atoms with Crippen LogP contribution >= 0.6 is 0 Å². The van der Waals surface area contributed by atoms with Crippen LogP contribution in [0.25, 0.3) is 11.1 Å². The van der Waals surface area contributed by atoms with E-state index >= 15 is 0 Å². The Morgan fingerprint density at radius 2 is 2.11 bits per heavy atom. The highest BCUT2D eigenvalue weighted by atomic mass is 32.2. The lowest BCUT2D eigenvalue weighted by Crippen LogP contribution is -2.41. The third-order valence-corrected chi connectivity index (χ3v) is 9.28. The number of aliphatic imine (C=N–C) groups is 1. The lowest BCUT2D eigenvalue weighted by atomic mass is 9.72. The standard InChI is InChI=1S/C27H35N5O5S/c1-27(2)6-5-22-21(11-27)26(31-16-30-22)32-7-8-37-23-4-3-17(9-19(23)13-32)18-10-24(25(28)29-12-18)38(35,36)15-20(34)14-33/h3-4,9-10,12,16,20,22,33-34H,5-8,11,13-15H2,1-2H3,(H2,28,29)(H,30,31). The van der Waals surface area contributed by atoms with Crippen LogP contribution in [0.5, 0.6) is 5.75 Å². The van der Waals surface area contributed by atoms with Gasteiger partial charge < -0.3 is 30.9 Å². The topological polar surface area (TPSA) is 150 Å². The van der Waals surface area contributed by atoms with Gasteiger partial charge in [-0.15, -0.1) is 0 Å². The number of hydrogen-bond acceptors (Lipinski definition) is 10. The van der Waals surface area contributed by atoms with E-state index in [1.165, 1.54) is 17.8 Å². The number of nitrogen functional groups attached to an aromatic ring is 1. The summed E-state index contributed by atoms with van der Waals surface area (Å²) in [6.07, 6.45) is 5.11. The molecule has 0 saturated heterocycles. The van der Waals surface area contributed by atoms with Crippen LogP contribution in [-0.2, 0) is 16.4 Å². The predicted octanol–water partition coefficient (Wildman–Crippen LogP) is 2.07. The van der Waals surface area contributed by atoms with Gasteiger partial charge in [-0.3, -0.25) is 4.99 Å². The fourth-order valence-corrected chi connectivity index (χ4v) is 6.90. The number of sulfone groups is 1. The zero-order chi connectivity index (χ0) is 27.1. The smallest absolute Gasteiger partial charge is 0.184 e. The Kier molecular flexibility index (Phi) is 7.10. The zero-order valence-electron chi connectivity index (χ0n) is 21.7. The highest BCUT2D eigenvalue weighted by Crippen LogP contribution is 2.42. The lowest BCUT2D eigenvalue weighted by molar-refractivity contribution is 0.112. The maximum absolute atomic E-state index is 12.8. The Balaban J connectivity index is 1.47. The molecule has 1 aromatic heterocycles. The van der Waals surface area contributed by atoms with Gasteiger partial charge in [0.2, 0.25) is 0 Å². The number of nitrogens with two attached hydrogens (primary N) is 1. The van der Waals surface area contributed by atoms with Crippen LogP contribution in [0, 0.1) is 5.41 Å². The molecule has 2 atom stereocenters. The fraction of sp³-hybridized carbons (Fsp3) is 0.481. The predicted molar refractivity (Wildman–Crippen MR) is 145 cm³/mol. The van der Waals surface area contributed by atoms with Gasteiger partial charge in [0.15, 0.2) is 9.84 Å². The number of hydrogen-bond donors (Lipinski definition) is 4. The molecular formula is C27H35N5O5S. The fourth-order valence-electron chi connectivity index (χ4n) is 5.43. The number of pyridine rings is 1. The van der Waals surface area contributed by atoms with Gasteiger partial charge in [-0.25, -0.2) is 13.4 Å². The minimum atomic E-state index is -3.96. The van der Waals surface area contributed by atoms with E-state index in [4.69, 9.17) is 20.6 Å². The van der Waals surface area contributed by atoms with E-state index in [0.29, 0.717) is 18.7 Å². The molecule has 38 heavy (non-hydrogen) atoms. The summed E-state index contributed by atoms with van der Waals surface area (Å²) in [5, 5.41) is 22.2. The van der Waals surface area contributed by atoms with Gasteiger partial charge in [-0.1, -0.05) is 19.9 Å². The van der Waals surface area contributed by atoms with Crippen molar-refractivity contribution in [1.29, 1.82) is 0 Å². The minimum absolute atomic E-state index is 0.147. The quantitative estimate of drug-likeness (QED) is 0.431. The third-order valence-electron chi connectivity index (χ3n) is 7.46. The molecule has 1 fully saturated rings. The maximum atomic E-state index is 12.8. The minimum Gasteiger partial charge on any atom is -0.491 e. The van der Waals surface area contributed by atoms with E-state index in [1.807, 2.05) is 18.2 Å². The van der Waals surface area contributed by atoms with Crippen LogP contribution in [0.4, 0.5) is 5.82 Å². The molecule has 5 rings (SSSR count). The highest BCUT2D eigenvalue weighted by Gasteiger charge is 2.35. The number of nitrogens with zero attached hydrogens (tertiary/aromatic N) is 3. The molecule has 2 unspecified atom stereocenters. The van der Waals surface area contributed by atoms with Crippen LogP contribution in [0.2, 0.25) is 0 Å². The van der Waals surface area contributed by atoms with Crippen molar-refractivity contribution in [3.8, 4) is 16.9 Å². The molecule has 5 N–H and O–H groups in total. The number of rotatable bonds is 6. The molecular weight excluding hydrogens is 506 g/mol. The molecule has 2 aromatic rings. The van der Waals surface area contributed by atoms with E-state index in [9.17, 15) is 13.5 Å². The second kappa shape index (κ2) is 10.2. The molecule has 0 amide bonds. The second-order valence-electron chi connectivity index (χ2n) is 11.0. The molecule has 1 saturated carbocycles. The number of aromatic nitrogens is 1. The van der Waals surface area contributed by atoms with Crippen molar-refractivity contribution in [1.82, 2.24) is 15.2 Å². The Morgan fingerprint density at radius 3 is 2.89 bits per heavy atom. The first-order valence-electron chi connectivity index (χ1n) is 12.9. The number of fused-ring (bicyclic) bond motifs is 2. The number of anilines is 1. The Hall–Kier alpha value is -3.15. The van der Waals surface area contributed by atoms with Crippen molar-refractivity contribution in [2.24, 2.45) is 10.4 Å². The van der Waals surface area contributed by atoms with Gasteiger partial charge >= 0.3 is 0 Å². The number of nitrogens with one attached hydrogen (secondary N) is 1. The molecule has 1 aromatic carbocycles. The summed E-state index contributed by atoms with van der Waals surface area (Å²) in [5.41, 5.74) is 9.78. The molecule has 204 valence electrons. The first-order chi connectivity index (χ1) is 18.1. The summed E-state index contributed by atoms with van der Waals surface area (Å²) in [6, 6.07) is 7.43. The van der Waals surface area contributed by atoms with E-state index in [0.717, 1.165) is 48.5 Å². The molecule has 3 aliphatic rings. The number of aliphatic hydroxyl groups excluding tert-OH is 2. The largest absolute Gasteiger partial charge is 0.491 e. The first kappa shape index (κ1) is 26.5. The van der Waals surface area contributed by atoms with Gasteiger partial charge in [-0.2, -0.15) is 0 Å². The summed E-state index contributed by atoms with van der Waals surface area (Å²) in [5.74, 6) is 1.10. The molecule has 10 nitrogen and oxygen atoms in total. The van der Waals surface area contributed by atoms with Gasteiger partial charge in [0, 0.05) is 23.9 Å². The molecule has 11 heteroatoms. The normalized spacial score (nSPS) is 21.6. The molecule has 1 aliphatic carbocycles. The second-order valence-corrected chi connectivity index (χ2v) is 13.0. The van der Waals surface area contributed by atoms with Crippen LogP contribution in [-0.4, -0.2) is 72.5 Å². The molecule has 3 heterocycles. The third kappa shape index (κ3) is 5.36. The monoisotopic (exact) mass is 541 g/mol. The van der Waals surface area contributed by atoms with E-state index in [1.54, 1.807) is 6.34 Å². The van der Waals surface area contributed by atoms with Crippen LogP contribution in [0.15, 0.2) is 51.7 Å². The summed E-state index contributed by atoms with van der Waals surface area (Å²) in [7, 11) is -3.96. The van der Waals surface area contributed by atoms with E-state index in [2.05, 4.69) is 29.0 Å². The highest BCUT2D eigenvalue weighted by molar-refractivity contribution is 7.91. The van der Waals surface area contributed by atoms with E-state index < -0.39 is 28.3 Å². The molecule has 0 bridgehead atoms. The van der Waals surface area contributed by atoms with Crippen LogP contribution in [0.1, 0.15) is 38.7 Å². The Morgan fingerprint density at radius 1 is 1.29 bits per heavy atom. The van der Waals surface area contributed by atoms with Crippen LogP contribution < -0.4 is 15.8 Å². The van der Waals surface area contributed by atoms with Crippen molar-refractivity contribution in [2.45, 2.75) is 56.7 Å². The van der Waals surface area contributed by atoms with Gasteiger partial charge in [0.1, 0.15) is 28.9 Å². The van der Waals surface area contributed by atoms with Crippen molar-refractivity contribution in [2.75, 3.05) is 31.2 Å². The van der Waals surface area contributed by atoms with Crippen LogP contribution in [0.3, 0.4) is 0 Å². The summed E-state index contributed by atoms with van der Waals surface area (Å²) in [4.78, 5) is 10.9. The number of ether oxygens (including phenoxy) is 1. The average Bonchev–Trinajstić information content (AvgIpc) is 3.09. The zero-order valence-corrected chi connectivity index (χ0v) is 22.5.